The highest BCUT2D eigenvalue weighted by Crippen LogP contribution is 2.12. The minimum atomic E-state index is -0.957. The zero-order valence-electron chi connectivity index (χ0n) is 11.4. The number of rotatable bonds is 8. The van der Waals surface area contributed by atoms with E-state index in [4.69, 9.17) is 5.11 Å². The Morgan fingerprint density at radius 2 is 2.21 bits per heavy atom. The zero-order valence-corrected chi connectivity index (χ0v) is 12.2. The molecule has 0 spiro atoms. The van der Waals surface area contributed by atoms with Crippen LogP contribution in [0.1, 0.15) is 38.0 Å². The number of carboxylic acid groups (broad SMARTS) is 1. The van der Waals surface area contributed by atoms with Gasteiger partial charge in [-0.25, -0.2) is 4.79 Å². The van der Waals surface area contributed by atoms with Crippen molar-refractivity contribution >= 4 is 23.2 Å². The molecule has 2 N–H and O–H groups in total. The molecule has 0 fully saturated rings. The average molecular weight is 283 g/mol. The van der Waals surface area contributed by atoms with Crippen LogP contribution in [0.15, 0.2) is 17.5 Å². The van der Waals surface area contributed by atoms with E-state index in [0.717, 1.165) is 19.3 Å². The lowest BCUT2D eigenvalue weighted by Crippen LogP contribution is -2.44. The summed E-state index contributed by atoms with van der Waals surface area (Å²) in [6, 6.07) is 3.25. The number of carbonyl (C=O) groups excluding carboxylic acids is 1. The van der Waals surface area contributed by atoms with Crippen LogP contribution in [0.4, 0.5) is 0 Å². The summed E-state index contributed by atoms with van der Waals surface area (Å²) in [5.41, 5.74) is 0. The third-order valence-electron chi connectivity index (χ3n) is 3.20. The summed E-state index contributed by atoms with van der Waals surface area (Å²) in [6.45, 7) is 3.76. The maximum absolute atomic E-state index is 11.7. The molecule has 106 valence electrons. The fraction of sp³-hybridized carbons (Fsp3) is 0.571. The van der Waals surface area contributed by atoms with Gasteiger partial charge in [0.2, 0.25) is 5.91 Å². The van der Waals surface area contributed by atoms with Gasteiger partial charge in [-0.2, -0.15) is 0 Å². The van der Waals surface area contributed by atoms with E-state index in [1.165, 1.54) is 4.88 Å². The number of amides is 1. The average Bonchev–Trinajstić information content (AvgIpc) is 2.87. The molecule has 1 amide bonds. The Labute approximate surface area is 117 Å². The van der Waals surface area contributed by atoms with Gasteiger partial charge in [0.15, 0.2) is 0 Å². The Hall–Kier alpha value is -1.36. The van der Waals surface area contributed by atoms with Crippen molar-refractivity contribution < 1.29 is 14.7 Å². The number of hydrogen-bond donors (Lipinski definition) is 2. The van der Waals surface area contributed by atoms with Gasteiger partial charge >= 0.3 is 5.97 Å². The SMILES string of the molecule is CCC(C)C(NC(=O)CCCc1cccs1)C(=O)O. The molecule has 0 aromatic carbocycles. The van der Waals surface area contributed by atoms with Crippen molar-refractivity contribution in [1.29, 1.82) is 0 Å². The largest absolute Gasteiger partial charge is 0.480 e. The number of hydrogen-bond acceptors (Lipinski definition) is 3. The van der Waals surface area contributed by atoms with E-state index in [-0.39, 0.29) is 11.8 Å². The molecule has 0 aliphatic heterocycles. The number of thiophene rings is 1. The summed E-state index contributed by atoms with van der Waals surface area (Å²) in [6.07, 6.45) is 2.72. The topological polar surface area (TPSA) is 66.4 Å². The van der Waals surface area contributed by atoms with Gasteiger partial charge in [0, 0.05) is 11.3 Å². The lowest BCUT2D eigenvalue weighted by atomic mass is 9.99. The van der Waals surface area contributed by atoms with E-state index >= 15 is 0 Å². The summed E-state index contributed by atoms with van der Waals surface area (Å²) in [4.78, 5) is 24.1. The normalized spacial score (nSPS) is 13.8. The molecular formula is C14H21NO3S. The van der Waals surface area contributed by atoms with Crippen molar-refractivity contribution in [2.45, 2.75) is 45.6 Å². The van der Waals surface area contributed by atoms with Crippen LogP contribution in [0.5, 0.6) is 0 Å². The molecule has 19 heavy (non-hydrogen) atoms. The predicted octanol–water partition coefficient (Wildman–Crippen LogP) is 2.69. The third kappa shape index (κ3) is 5.42. The zero-order chi connectivity index (χ0) is 14.3. The van der Waals surface area contributed by atoms with Crippen LogP contribution >= 0.6 is 11.3 Å². The van der Waals surface area contributed by atoms with E-state index < -0.39 is 12.0 Å². The van der Waals surface area contributed by atoms with Gasteiger partial charge < -0.3 is 10.4 Å². The lowest BCUT2D eigenvalue weighted by Gasteiger charge is -2.20. The van der Waals surface area contributed by atoms with Crippen LogP contribution < -0.4 is 5.32 Å². The minimum absolute atomic E-state index is 0.0567. The standard InChI is InChI=1S/C14H21NO3S/c1-3-10(2)13(14(17)18)15-12(16)8-4-6-11-7-5-9-19-11/h5,7,9-10,13H,3-4,6,8H2,1-2H3,(H,15,16)(H,17,18). The first-order valence-corrected chi connectivity index (χ1v) is 7.47. The Bertz CT molecular complexity index is 403. The van der Waals surface area contributed by atoms with Crippen LogP contribution in [0.25, 0.3) is 0 Å². The third-order valence-corrected chi connectivity index (χ3v) is 4.14. The quantitative estimate of drug-likeness (QED) is 0.771. The minimum Gasteiger partial charge on any atom is -0.480 e. The Morgan fingerprint density at radius 1 is 1.47 bits per heavy atom. The smallest absolute Gasteiger partial charge is 0.326 e. The maximum Gasteiger partial charge on any atom is 0.326 e. The number of carboxylic acids is 1. The first-order valence-electron chi connectivity index (χ1n) is 6.59. The van der Waals surface area contributed by atoms with E-state index in [0.29, 0.717) is 6.42 Å². The molecule has 2 atom stereocenters. The molecule has 0 bridgehead atoms. The molecule has 0 saturated heterocycles. The summed E-state index contributed by atoms with van der Waals surface area (Å²) < 4.78 is 0. The first-order chi connectivity index (χ1) is 9.04. The second-order valence-electron chi connectivity index (χ2n) is 4.70. The number of nitrogens with one attached hydrogen (secondary N) is 1. The van der Waals surface area contributed by atoms with E-state index in [9.17, 15) is 9.59 Å². The number of aryl methyl sites for hydroxylation is 1. The molecule has 1 rings (SSSR count). The second-order valence-corrected chi connectivity index (χ2v) is 5.73. The highest BCUT2D eigenvalue weighted by Gasteiger charge is 2.24. The van der Waals surface area contributed by atoms with Crippen molar-refractivity contribution in [3.05, 3.63) is 22.4 Å². The van der Waals surface area contributed by atoms with Crippen molar-refractivity contribution in [1.82, 2.24) is 5.32 Å². The van der Waals surface area contributed by atoms with Crippen molar-refractivity contribution in [2.24, 2.45) is 5.92 Å². The molecule has 5 heteroatoms. The van der Waals surface area contributed by atoms with Gasteiger partial charge in [-0.15, -0.1) is 11.3 Å². The van der Waals surface area contributed by atoms with Crippen molar-refractivity contribution in [2.75, 3.05) is 0 Å². The van der Waals surface area contributed by atoms with Crippen molar-refractivity contribution in [3.63, 3.8) is 0 Å². The van der Waals surface area contributed by atoms with Crippen LogP contribution in [0.2, 0.25) is 0 Å². The van der Waals surface area contributed by atoms with Gasteiger partial charge in [0.25, 0.3) is 0 Å². The van der Waals surface area contributed by atoms with Crippen LogP contribution in [0.3, 0.4) is 0 Å². The molecule has 4 nitrogen and oxygen atoms in total. The molecule has 0 radical (unpaired) electrons. The van der Waals surface area contributed by atoms with Crippen LogP contribution in [0, 0.1) is 5.92 Å². The molecule has 0 aliphatic carbocycles. The fourth-order valence-corrected chi connectivity index (χ4v) is 2.56. The summed E-state index contributed by atoms with van der Waals surface area (Å²) in [5.74, 6) is -1.19. The van der Waals surface area contributed by atoms with Gasteiger partial charge in [-0.05, 0) is 30.2 Å². The molecule has 1 aromatic rings. The molecule has 2 unspecified atom stereocenters. The molecule has 0 saturated carbocycles. The molecular weight excluding hydrogens is 262 g/mol. The van der Waals surface area contributed by atoms with E-state index in [2.05, 4.69) is 5.32 Å². The summed E-state index contributed by atoms with van der Waals surface area (Å²) >= 11 is 1.68. The summed E-state index contributed by atoms with van der Waals surface area (Å²) in [7, 11) is 0. The number of carbonyl (C=O) groups is 2. The Morgan fingerprint density at radius 3 is 2.74 bits per heavy atom. The van der Waals surface area contributed by atoms with Gasteiger partial charge in [-0.1, -0.05) is 26.3 Å². The first kappa shape index (κ1) is 15.7. The second kappa shape index (κ2) is 7.94. The maximum atomic E-state index is 11.7. The van der Waals surface area contributed by atoms with Crippen LogP contribution in [-0.2, 0) is 16.0 Å². The van der Waals surface area contributed by atoms with Gasteiger partial charge in [0.05, 0.1) is 0 Å². The number of aliphatic carboxylic acids is 1. The van der Waals surface area contributed by atoms with Gasteiger partial charge in [0.1, 0.15) is 6.04 Å². The summed E-state index contributed by atoms with van der Waals surface area (Å²) in [5, 5.41) is 13.7. The highest BCUT2D eigenvalue weighted by molar-refractivity contribution is 7.09. The lowest BCUT2D eigenvalue weighted by molar-refractivity contribution is -0.143. The Kier molecular flexibility index (Phi) is 6.56. The molecule has 1 heterocycles. The predicted molar refractivity (Wildman–Crippen MR) is 76.3 cm³/mol. The molecule has 1 aromatic heterocycles. The fourth-order valence-electron chi connectivity index (χ4n) is 1.81. The van der Waals surface area contributed by atoms with E-state index in [1.807, 2.05) is 31.4 Å². The van der Waals surface area contributed by atoms with E-state index in [1.54, 1.807) is 11.3 Å². The molecule has 0 aliphatic rings. The highest BCUT2D eigenvalue weighted by atomic mass is 32.1. The van der Waals surface area contributed by atoms with Gasteiger partial charge in [-0.3, -0.25) is 4.79 Å². The monoisotopic (exact) mass is 283 g/mol. The van der Waals surface area contributed by atoms with Crippen LogP contribution in [-0.4, -0.2) is 23.0 Å². The van der Waals surface area contributed by atoms with Crippen molar-refractivity contribution in [3.8, 4) is 0 Å². The Balaban J connectivity index is 2.34.